The molecule has 0 aliphatic heterocycles. The van der Waals surface area contributed by atoms with Crippen LogP contribution in [-0.4, -0.2) is 38.7 Å². The van der Waals surface area contributed by atoms with E-state index in [1.807, 2.05) is 0 Å². The average molecular weight is 277 g/mol. The molecule has 0 fully saturated rings. The summed E-state index contributed by atoms with van der Waals surface area (Å²) in [6, 6.07) is 1.28. The van der Waals surface area contributed by atoms with Crippen molar-refractivity contribution in [1.29, 1.82) is 0 Å². The minimum Gasteiger partial charge on any atom is -0.465 e. The van der Waals surface area contributed by atoms with Crippen LogP contribution in [0.5, 0.6) is 0 Å². The Bertz CT molecular complexity index is 587. The van der Waals surface area contributed by atoms with Crippen LogP contribution < -0.4 is 10.6 Å². The molecule has 0 amide bonds. The number of rotatable bonds is 3. The summed E-state index contributed by atoms with van der Waals surface area (Å²) in [6.07, 6.45) is 0. The van der Waals surface area contributed by atoms with E-state index in [-0.39, 0.29) is 0 Å². The smallest absolute Gasteiger partial charge is 0.465 e. The SMILES string of the molecule is COC(=O)c1cc(S(N)(=O)=O)cc(B(O)O)c1F. The van der Waals surface area contributed by atoms with Crippen molar-refractivity contribution in [3.05, 3.63) is 23.5 Å². The van der Waals surface area contributed by atoms with E-state index in [1.54, 1.807) is 0 Å². The average Bonchev–Trinajstić information content (AvgIpc) is 2.26. The first-order valence-corrected chi connectivity index (χ1v) is 6.03. The molecule has 0 atom stereocenters. The van der Waals surface area contributed by atoms with Crippen molar-refractivity contribution >= 4 is 28.6 Å². The van der Waals surface area contributed by atoms with Crippen LogP contribution in [0.3, 0.4) is 0 Å². The number of nitrogens with two attached hydrogens (primary N) is 1. The van der Waals surface area contributed by atoms with Gasteiger partial charge < -0.3 is 14.8 Å². The van der Waals surface area contributed by atoms with Crippen LogP contribution in [-0.2, 0) is 14.8 Å². The zero-order chi connectivity index (χ0) is 14.1. The van der Waals surface area contributed by atoms with Crippen LogP contribution in [0, 0.1) is 5.82 Å². The maximum atomic E-state index is 13.7. The minimum atomic E-state index is -4.24. The third-order valence-corrected chi connectivity index (χ3v) is 2.98. The molecule has 0 unspecified atom stereocenters. The first-order valence-electron chi connectivity index (χ1n) is 4.49. The van der Waals surface area contributed by atoms with Crippen molar-refractivity contribution in [3.63, 3.8) is 0 Å². The predicted molar refractivity (Wildman–Crippen MR) is 58.9 cm³/mol. The summed E-state index contributed by atoms with van der Waals surface area (Å²) in [5, 5.41) is 22.6. The van der Waals surface area contributed by atoms with E-state index in [9.17, 15) is 17.6 Å². The molecule has 0 saturated carbocycles. The Balaban J connectivity index is 3.62. The Labute approximate surface area is 102 Å². The van der Waals surface area contributed by atoms with E-state index < -0.39 is 44.8 Å². The fourth-order valence-corrected chi connectivity index (χ4v) is 1.80. The van der Waals surface area contributed by atoms with E-state index in [4.69, 9.17) is 15.2 Å². The molecule has 18 heavy (non-hydrogen) atoms. The van der Waals surface area contributed by atoms with Crippen molar-refractivity contribution in [2.24, 2.45) is 5.14 Å². The standard InChI is InChI=1S/C8H9BFNO6S/c1-17-8(12)5-2-4(18(11,15)16)3-6(7(5)10)9(13)14/h2-3,13-14H,1H3,(H2,11,15,16). The molecule has 0 aromatic heterocycles. The maximum absolute atomic E-state index is 13.7. The van der Waals surface area contributed by atoms with Crippen molar-refractivity contribution < 1.29 is 32.4 Å². The summed E-state index contributed by atoms with van der Waals surface area (Å²) in [4.78, 5) is 10.6. The van der Waals surface area contributed by atoms with Gasteiger partial charge in [0.05, 0.1) is 17.6 Å². The fourth-order valence-electron chi connectivity index (χ4n) is 1.23. The molecule has 1 aromatic rings. The van der Waals surface area contributed by atoms with Gasteiger partial charge >= 0.3 is 13.1 Å². The molecule has 0 aliphatic rings. The Hall–Kier alpha value is -1.49. The number of halogens is 1. The number of hydrogen-bond acceptors (Lipinski definition) is 6. The van der Waals surface area contributed by atoms with Crippen LogP contribution >= 0.6 is 0 Å². The second-order valence-corrected chi connectivity index (χ2v) is 4.85. The van der Waals surface area contributed by atoms with Crippen molar-refractivity contribution in [3.8, 4) is 0 Å². The molecule has 0 saturated heterocycles. The van der Waals surface area contributed by atoms with E-state index in [0.717, 1.165) is 7.11 Å². The van der Waals surface area contributed by atoms with Crippen LogP contribution in [0.1, 0.15) is 10.4 Å². The van der Waals surface area contributed by atoms with Gasteiger partial charge in [-0.05, 0) is 12.1 Å². The lowest BCUT2D eigenvalue weighted by Gasteiger charge is -2.09. The molecule has 10 heteroatoms. The molecule has 1 rings (SSSR count). The number of carbonyl (C=O) groups is 1. The third-order valence-electron chi connectivity index (χ3n) is 2.09. The Morgan fingerprint density at radius 1 is 1.44 bits per heavy atom. The largest absolute Gasteiger partial charge is 0.491 e. The highest BCUT2D eigenvalue weighted by Crippen LogP contribution is 2.14. The lowest BCUT2D eigenvalue weighted by molar-refractivity contribution is 0.0595. The van der Waals surface area contributed by atoms with Gasteiger partial charge in [-0.25, -0.2) is 22.7 Å². The predicted octanol–water partition coefficient (Wildman–Crippen LogP) is -2.06. The lowest BCUT2D eigenvalue weighted by Crippen LogP contribution is -2.35. The second kappa shape index (κ2) is 5.02. The number of esters is 1. The highest BCUT2D eigenvalue weighted by atomic mass is 32.2. The number of primary sulfonamides is 1. The fraction of sp³-hybridized carbons (Fsp3) is 0.125. The van der Waals surface area contributed by atoms with Gasteiger partial charge in [0.1, 0.15) is 5.82 Å². The zero-order valence-electron chi connectivity index (χ0n) is 9.12. The normalized spacial score (nSPS) is 11.2. The molecule has 0 spiro atoms. The third kappa shape index (κ3) is 2.85. The Kier molecular flexibility index (Phi) is 4.07. The Morgan fingerprint density at radius 2 is 2.00 bits per heavy atom. The van der Waals surface area contributed by atoms with Crippen molar-refractivity contribution in [2.45, 2.75) is 4.90 Å². The van der Waals surface area contributed by atoms with Crippen molar-refractivity contribution in [2.75, 3.05) is 7.11 Å². The minimum absolute atomic E-state index is 0.627. The first kappa shape index (κ1) is 14.6. The van der Waals surface area contributed by atoms with Gasteiger partial charge in [-0.2, -0.15) is 0 Å². The van der Waals surface area contributed by atoms with Gasteiger partial charge in [0.25, 0.3) is 0 Å². The van der Waals surface area contributed by atoms with Gasteiger partial charge in [-0.15, -0.1) is 0 Å². The molecular formula is C8H9BFNO6S. The number of hydrogen-bond donors (Lipinski definition) is 3. The molecule has 0 heterocycles. The highest BCUT2D eigenvalue weighted by Gasteiger charge is 2.26. The van der Waals surface area contributed by atoms with Gasteiger partial charge in [-0.3, -0.25) is 0 Å². The summed E-state index contributed by atoms with van der Waals surface area (Å²) >= 11 is 0. The molecule has 1 aromatic carbocycles. The van der Waals surface area contributed by atoms with Crippen molar-refractivity contribution in [1.82, 2.24) is 0 Å². The molecule has 4 N–H and O–H groups in total. The zero-order valence-corrected chi connectivity index (χ0v) is 9.94. The maximum Gasteiger partial charge on any atom is 0.491 e. The van der Waals surface area contributed by atoms with Crippen LogP contribution in [0.15, 0.2) is 17.0 Å². The topological polar surface area (TPSA) is 127 Å². The molecule has 0 bridgehead atoms. The van der Waals surface area contributed by atoms with Gasteiger partial charge in [0, 0.05) is 5.46 Å². The van der Waals surface area contributed by atoms with E-state index in [1.165, 1.54) is 0 Å². The van der Waals surface area contributed by atoms with Crippen LogP contribution in [0.25, 0.3) is 0 Å². The monoisotopic (exact) mass is 277 g/mol. The molecule has 7 nitrogen and oxygen atoms in total. The molecule has 98 valence electrons. The molecule has 0 radical (unpaired) electrons. The van der Waals surface area contributed by atoms with Gasteiger partial charge in [0.2, 0.25) is 10.0 Å². The summed E-state index contributed by atoms with van der Waals surface area (Å²) in [6.45, 7) is 0. The summed E-state index contributed by atoms with van der Waals surface area (Å²) < 4.78 is 40.2. The van der Waals surface area contributed by atoms with Gasteiger partial charge in [0.15, 0.2) is 0 Å². The number of carbonyl (C=O) groups excluding carboxylic acids is 1. The van der Waals surface area contributed by atoms with E-state index in [0.29, 0.717) is 12.1 Å². The summed E-state index contributed by atoms with van der Waals surface area (Å²) in [5.41, 5.74) is -1.55. The number of methoxy groups -OCH3 is 1. The van der Waals surface area contributed by atoms with E-state index >= 15 is 0 Å². The summed E-state index contributed by atoms with van der Waals surface area (Å²) in [5.74, 6) is -2.45. The quantitative estimate of drug-likeness (QED) is 0.430. The van der Waals surface area contributed by atoms with Crippen LogP contribution in [0.2, 0.25) is 0 Å². The number of ether oxygens (including phenoxy) is 1. The van der Waals surface area contributed by atoms with Crippen LogP contribution in [0.4, 0.5) is 4.39 Å². The second-order valence-electron chi connectivity index (χ2n) is 3.28. The number of sulfonamides is 1. The van der Waals surface area contributed by atoms with Gasteiger partial charge in [-0.1, -0.05) is 0 Å². The first-order chi connectivity index (χ1) is 8.18. The summed E-state index contributed by atoms with van der Waals surface area (Å²) in [7, 11) is -5.57. The number of benzene rings is 1. The Morgan fingerprint density at radius 3 is 2.39 bits per heavy atom. The molecule has 0 aliphatic carbocycles. The van der Waals surface area contributed by atoms with E-state index in [2.05, 4.69) is 4.74 Å². The molecular weight excluding hydrogens is 268 g/mol. The lowest BCUT2D eigenvalue weighted by atomic mass is 9.79. The highest BCUT2D eigenvalue weighted by molar-refractivity contribution is 7.89.